The molecule has 0 bridgehead atoms. The van der Waals surface area contributed by atoms with E-state index in [1.54, 1.807) is 53.1 Å². The van der Waals surface area contributed by atoms with Gasteiger partial charge in [-0.15, -0.1) is 11.8 Å². The molecule has 4 aromatic rings. The summed E-state index contributed by atoms with van der Waals surface area (Å²) in [6, 6.07) is 22.2. The molecule has 1 heterocycles. The number of hydrogen-bond acceptors (Lipinski definition) is 6. The zero-order chi connectivity index (χ0) is 23.4. The van der Waals surface area contributed by atoms with E-state index in [0.717, 1.165) is 10.2 Å². The topological polar surface area (TPSA) is 53.5 Å². The molecule has 0 spiro atoms. The molecule has 0 aliphatic carbocycles. The largest absolute Gasteiger partial charge is 0.308 e. The number of benzene rings is 3. The molecule has 0 saturated carbocycles. The molecule has 7 heteroatoms. The third kappa shape index (κ3) is 5.33. The van der Waals surface area contributed by atoms with Crippen LogP contribution < -0.4 is 4.90 Å². The molecule has 0 saturated heterocycles. The molecule has 1 amide bonds. The van der Waals surface area contributed by atoms with Gasteiger partial charge < -0.3 is 4.90 Å². The van der Waals surface area contributed by atoms with Crippen LogP contribution in [0.25, 0.3) is 10.2 Å². The second kappa shape index (κ2) is 10.3. The first kappa shape index (κ1) is 23.2. The van der Waals surface area contributed by atoms with Gasteiger partial charge in [0.05, 0.1) is 10.2 Å². The minimum atomic E-state index is -0.125. The maximum Gasteiger partial charge on any atom is 0.260 e. The van der Waals surface area contributed by atoms with Gasteiger partial charge in [0.1, 0.15) is 0 Å². The Bertz CT molecular complexity index is 1270. The fourth-order valence-corrected chi connectivity index (χ4v) is 4.94. The number of fused-ring (bicyclic) bond motifs is 1. The van der Waals surface area contributed by atoms with Crippen molar-refractivity contribution in [2.75, 3.05) is 38.3 Å². The van der Waals surface area contributed by atoms with E-state index < -0.39 is 0 Å². The molecule has 168 valence electrons. The number of anilines is 1. The number of ketones is 1. The molecule has 0 atom stereocenters. The summed E-state index contributed by atoms with van der Waals surface area (Å²) in [7, 11) is 3.96. The van der Waals surface area contributed by atoms with Crippen LogP contribution >= 0.6 is 23.1 Å². The van der Waals surface area contributed by atoms with Gasteiger partial charge in [0.25, 0.3) is 5.91 Å². The van der Waals surface area contributed by atoms with Crippen LogP contribution in [0, 0.1) is 0 Å². The molecular weight excluding hydrogens is 450 g/mol. The zero-order valence-electron chi connectivity index (χ0n) is 18.8. The number of hydrogen-bond donors (Lipinski definition) is 0. The first-order valence-electron chi connectivity index (χ1n) is 10.6. The van der Waals surface area contributed by atoms with E-state index in [4.69, 9.17) is 4.98 Å². The number of thiazole rings is 1. The van der Waals surface area contributed by atoms with E-state index in [9.17, 15) is 9.59 Å². The van der Waals surface area contributed by atoms with Gasteiger partial charge in [-0.2, -0.15) is 0 Å². The van der Waals surface area contributed by atoms with Crippen molar-refractivity contribution in [3.8, 4) is 0 Å². The quantitative estimate of drug-likeness (QED) is 0.250. The molecule has 0 aliphatic heterocycles. The van der Waals surface area contributed by atoms with E-state index in [1.807, 2.05) is 55.6 Å². The minimum absolute atomic E-state index is 0.0603. The number of nitrogens with zero attached hydrogens (tertiary/aromatic N) is 3. The highest BCUT2D eigenvalue weighted by Gasteiger charge is 2.22. The Morgan fingerprint density at radius 1 is 0.879 bits per heavy atom. The maximum absolute atomic E-state index is 13.5. The fraction of sp³-hybridized carbons (Fsp3) is 0.192. The molecule has 5 nitrogen and oxygen atoms in total. The number of likely N-dealkylation sites (N-methyl/N-ethyl adjacent to an activating group) is 1. The Morgan fingerprint density at radius 2 is 1.55 bits per heavy atom. The Hall–Kier alpha value is -3.00. The summed E-state index contributed by atoms with van der Waals surface area (Å²) in [5, 5.41) is 0.680. The van der Waals surface area contributed by atoms with Gasteiger partial charge in [-0.3, -0.25) is 14.5 Å². The Labute approximate surface area is 202 Å². The summed E-state index contributed by atoms with van der Waals surface area (Å²) < 4.78 is 1.06. The molecule has 0 unspecified atom stereocenters. The maximum atomic E-state index is 13.5. The van der Waals surface area contributed by atoms with E-state index in [0.29, 0.717) is 34.9 Å². The number of carbonyl (C=O) groups excluding carboxylic acids is 2. The molecule has 0 fully saturated rings. The summed E-state index contributed by atoms with van der Waals surface area (Å²) in [4.78, 5) is 35.9. The Balaban J connectivity index is 1.62. The van der Waals surface area contributed by atoms with Gasteiger partial charge in [0.2, 0.25) is 0 Å². The third-order valence-electron chi connectivity index (χ3n) is 5.26. The van der Waals surface area contributed by atoms with Crippen molar-refractivity contribution >= 4 is 50.1 Å². The van der Waals surface area contributed by atoms with Crippen LogP contribution in [0.15, 0.2) is 77.7 Å². The number of carbonyl (C=O) groups is 2. The normalized spacial score (nSPS) is 11.2. The average Bonchev–Trinajstić information content (AvgIpc) is 3.27. The van der Waals surface area contributed by atoms with Gasteiger partial charge in [0.15, 0.2) is 10.9 Å². The van der Waals surface area contributed by atoms with Crippen LogP contribution in [0.3, 0.4) is 0 Å². The van der Waals surface area contributed by atoms with Gasteiger partial charge in [-0.1, -0.05) is 53.8 Å². The lowest BCUT2D eigenvalue weighted by atomic mass is 10.0. The van der Waals surface area contributed by atoms with Crippen LogP contribution in [0.5, 0.6) is 0 Å². The first-order chi connectivity index (χ1) is 16.0. The van der Waals surface area contributed by atoms with Gasteiger partial charge in [0, 0.05) is 34.7 Å². The zero-order valence-corrected chi connectivity index (χ0v) is 20.5. The predicted molar refractivity (Wildman–Crippen MR) is 138 cm³/mol. The van der Waals surface area contributed by atoms with Crippen LogP contribution in [0.4, 0.5) is 5.13 Å². The van der Waals surface area contributed by atoms with Gasteiger partial charge in [-0.05, 0) is 50.7 Å². The molecule has 0 radical (unpaired) electrons. The van der Waals surface area contributed by atoms with Crippen molar-refractivity contribution in [1.82, 2.24) is 9.88 Å². The smallest absolute Gasteiger partial charge is 0.260 e. The second-order valence-corrected chi connectivity index (χ2v) is 9.75. The lowest BCUT2D eigenvalue weighted by Gasteiger charge is -2.22. The number of amides is 1. The SMILES string of the molecule is CSc1ccc2nc(N(CCN(C)C)C(=O)c3ccc(C(=O)c4ccccc4)cc3)sc2c1. The summed E-state index contributed by atoms with van der Waals surface area (Å²) in [6.07, 6.45) is 2.04. The fourth-order valence-electron chi connectivity index (χ4n) is 3.40. The van der Waals surface area contributed by atoms with E-state index in [2.05, 4.69) is 6.07 Å². The predicted octanol–water partition coefficient (Wildman–Crippen LogP) is 5.46. The highest BCUT2D eigenvalue weighted by molar-refractivity contribution is 7.98. The van der Waals surface area contributed by atoms with E-state index >= 15 is 0 Å². The summed E-state index contributed by atoms with van der Waals surface area (Å²) in [6.45, 7) is 1.23. The minimum Gasteiger partial charge on any atom is -0.308 e. The van der Waals surface area contributed by atoms with Crippen molar-refractivity contribution in [2.24, 2.45) is 0 Å². The Kier molecular flexibility index (Phi) is 7.23. The lowest BCUT2D eigenvalue weighted by Crippen LogP contribution is -2.36. The van der Waals surface area contributed by atoms with Crippen molar-refractivity contribution in [3.05, 3.63) is 89.5 Å². The highest BCUT2D eigenvalue weighted by Crippen LogP contribution is 2.32. The average molecular weight is 476 g/mol. The van der Waals surface area contributed by atoms with Crippen molar-refractivity contribution in [2.45, 2.75) is 4.90 Å². The number of rotatable bonds is 8. The molecule has 0 N–H and O–H groups in total. The number of thioether (sulfide) groups is 1. The molecule has 33 heavy (non-hydrogen) atoms. The number of aromatic nitrogens is 1. The van der Waals surface area contributed by atoms with Crippen molar-refractivity contribution in [1.29, 1.82) is 0 Å². The third-order valence-corrected chi connectivity index (χ3v) is 7.03. The standard InChI is InChI=1S/C26H25N3O2S2/c1-28(2)15-16-29(26-27-22-14-13-21(32-3)17-23(22)33-26)25(31)20-11-9-19(10-12-20)24(30)18-7-5-4-6-8-18/h4-14,17H,15-16H2,1-3H3. The molecular formula is C26H25N3O2S2. The van der Waals surface area contributed by atoms with E-state index in [1.165, 1.54) is 16.2 Å². The van der Waals surface area contributed by atoms with Crippen LogP contribution in [-0.4, -0.2) is 55.0 Å². The summed E-state index contributed by atoms with van der Waals surface area (Å²) >= 11 is 3.21. The van der Waals surface area contributed by atoms with Crippen molar-refractivity contribution < 1.29 is 9.59 Å². The summed E-state index contributed by atoms with van der Waals surface area (Å²) in [5.74, 6) is -0.186. The monoisotopic (exact) mass is 475 g/mol. The van der Waals surface area contributed by atoms with Crippen LogP contribution in [0.2, 0.25) is 0 Å². The van der Waals surface area contributed by atoms with Gasteiger partial charge in [-0.25, -0.2) is 4.98 Å². The molecule has 0 aliphatic rings. The summed E-state index contributed by atoms with van der Waals surface area (Å²) in [5.41, 5.74) is 2.60. The molecule has 3 aromatic carbocycles. The Morgan fingerprint density at radius 3 is 2.21 bits per heavy atom. The van der Waals surface area contributed by atoms with Gasteiger partial charge >= 0.3 is 0 Å². The van der Waals surface area contributed by atoms with E-state index in [-0.39, 0.29) is 11.7 Å². The van der Waals surface area contributed by atoms with Crippen LogP contribution in [0.1, 0.15) is 26.3 Å². The molecule has 4 rings (SSSR count). The van der Waals surface area contributed by atoms with Crippen molar-refractivity contribution in [3.63, 3.8) is 0 Å². The first-order valence-corrected chi connectivity index (χ1v) is 12.6. The van der Waals surface area contributed by atoms with Crippen LogP contribution in [-0.2, 0) is 0 Å². The highest BCUT2D eigenvalue weighted by atomic mass is 32.2. The lowest BCUT2D eigenvalue weighted by molar-refractivity contribution is 0.0982. The second-order valence-electron chi connectivity index (χ2n) is 7.86. The molecule has 1 aromatic heterocycles.